The average Bonchev–Trinajstić information content (AvgIpc) is 3.54. The van der Waals surface area contributed by atoms with Crippen LogP contribution in [0.1, 0.15) is 22.8 Å². The van der Waals surface area contributed by atoms with Gasteiger partial charge < -0.3 is 4.98 Å². The lowest BCUT2D eigenvalue weighted by atomic mass is 9.68. The van der Waals surface area contributed by atoms with Gasteiger partial charge in [0.1, 0.15) is 5.82 Å². The highest BCUT2D eigenvalue weighted by atomic mass is 35.5. The maximum Gasteiger partial charge on any atom is 0.305 e. The fourth-order valence-electron chi connectivity index (χ4n) is 6.90. The van der Waals surface area contributed by atoms with E-state index in [2.05, 4.69) is 4.98 Å². The van der Waals surface area contributed by atoms with Crippen LogP contribution in [0.3, 0.4) is 0 Å². The standard InChI is InChI=1S/C25H18ClFN2O3S2/c26-11-3-7-13(8-4-11)29-23(30)18-14-9-15(19(18)24(29)31)20-17(14)16(10-1-5-12(27)6-2-10)21-22(33-20)28-25(32)34-21/h1-8,14-20H,9H2,(H,28,32)/t14-,15-,16+,17-,18+,19-,20-/m1/s1. The Hall–Kier alpha value is -2.42. The largest absolute Gasteiger partial charge is 0.307 e. The molecule has 2 aliphatic heterocycles. The SMILES string of the molecule is O=C1[C@@H]2[C@H]3C[C@@H]([C@@H]2C(=O)N1c1ccc(Cl)cc1)[C@@H]1[C@H](c2ccc(F)cc2)c2sc(=O)[nH]c2S[C@H]31. The van der Waals surface area contributed by atoms with Crippen molar-refractivity contribution in [3.63, 3.8) is 0 Å². The number of hydrogen-bond donors (Lipinski definition) is 1. The van der Waals surface area contributed by atoms with Gasteiger partial charge in [0, 0.05) is 21.1 Å². The Morgan fingerprint density at radius 2 is 1.62 bits per heavy atom. The fourth-order valence-corrected chi connectivity index (χ4v) is 9.92. The van der Waals surface area contributed by atoms with Gasteiger partial charge in [0.25, 0.3) is 0 Å². The van der Waals surface area contributed by atoms with Crippen LogP contribution in [0, 0.1) is 35.4 Å². The van der Waals surface area contributed by atoms with Crippen LogP contribution in [0.4, 0.5) is 10.1 Å². The number of nitrogens with zero attached hydrogens (tertiary/aromatic N) is 1. The predicted molar refractivity (Wildman–Crippen MR) is 129 cm³/mol. The molecule has 0 spiro atoms. The molecule has 1 N–H and O–H groups in total. The van der Waals surface area contributed by atoms with Gasteiger partial charge in [-0.15, -0.1) is 11.8 Å². The van der Waals surface area contributed by atoms with Crippen molar-refractivity contribution >= 4 is 52.2 Å². The number of benzene rings is 2. The van der Waals surface area contributed by atoms with E-state index in [0.717, 1.165) is 21.9 Å². The monoisotopic (exact) mass is 512 g/mol. The second-order valence-corrected chi connectivity index (χ2v) is 12.1. The number of anilines is 1. The summed E-state index contributed by atoms with van der Waals surface area (Å²) in [6.07, 6.45) is 0.820. The van der Waals surface area contributed by atoms with Crippen LogP contribution in [0.2, 0.25) is 5.02 Å². The van der Waals surface area contributed by atoms with Gasteiger partial charge in [-0.3, -0.25) is 19.3 Å². The summed E-state index contributed by atoms with van der Waals surface area (Å²) in [7, 11) is 0. The number of hydrogen-bond acceptors (Lipinski definition) is 5. The van der Waals surface area contributed by atoms with Crippen LogP contribution < -0.4 is 9.77 Å². The van der Waals surface area contributed by atoms with E-state index in [1.165, 1.54) is 28.4 Å². The highest BCUT2D eigenvalue weighted by molar-refractivity contribution is 8.00. The first-order valence-electron chi connectivity index (χ1n) is 11.2. The van der Waals surface area contributed by atoms with Crippen LogP contribution in [-0.2, 0) is 9.59 Å². The molecule has 2 aromatic carbocycles. The minimum Gasteiger partial charge on any atom is -0.307 e. The number of imide groups is 1. The molecule has 1 aromatic heterocycles. The molecule has 0 unspecified atom stereocenters. The Kier molecular flexibility index (Phi) is 4.48. The summed E-state index contributed by atoms with van der Waals surface area (Å²) in [6.45, 7) is 0. The van der Waals surface area contributed by atoms with E-state index in [9.17, 15) is 18.8 Å². The average molecular weight is 513 g/mol. The predicted octanol–water partition coefficient (Wildman–Crippen LogP) is 4.91. The number of aromatic amines is 1. The number of H-pyrrole nitrogens is 1. The summed E-state index contributed by atoms with van der Waals surface area (Å²) >= 11 is 8.86. The molecule has 7 atom stereocenters. The Bertz CT molecular complexity index is 1400. The van der Waals surface area contributed by atoms with Crippen molar-refractivity contribution in [3.05, 3.63) is 79.5 Å². The number of carbonyl (C=O) groups is 2. The summed E-state index contributed by atoms with van der Waals surface area (Å²) < 4.78 is 13.7. The summed E-state index contributed by atoms with van der Waals surface area (Å²) in [4.78, 5) is 44.6. The van der Waals surface area contributed by atoms with Crippen LogP contribution in [0.15, 0.2) is 58.4 Å². The molecule has 3 fully saturated rings. The molecular formula is C25H18ClFN2O3S2. The summed E-state index contributed by atoms with van der Waals surface area (Å²) in [5.41, 5.74) is 1.51. The number of thiazole rings is 1. The van der Waals surface area contributed by atoms with Crippen molar-refractivity contribution in [3.8, 4) is 0 Å². The molecule has 2 bridgehead atoms. The maximum absolute atomic E-state index is 13.7. The first-order valence-corrected chi connectivity index (χ1v) is 13.3. The Balaban J connectivity index is 1.32. The van der Waals surface area contributed by atoms with Crippen LogP contribution in [0.25, 0.3) is 0 Å². The molecule has 3 aromatic rings. The summed E-state index contributed by atoms with van der Waals surface area (Å²) in [6, 6.07) is 13.3. The van der Waals surface area contributed by atoms with Crippen molar-refractivity contribution < 1.29 is 14.0 Å². The van der Waals surface area contributed by atoms with E-state index >= 15 is 0 Å². The third-order valence-electron chi connectivity index (χ3n) is 8.04. The highest BCUT2D eigenvalue weighted by Crippen LogP contribution is 2.68. The van der Waals surface area contributed by atoms with E-state index in [-0.39, 0.29) is 63.3 Å². The van der Waals surface area contributed by atoms with Crippen molar-refractivity contribution in [2.75, 3.05) is 4.90 Å². The number of carbonyl (C=O) groups excluding carboxylic acids is 2. The Morgan fingerprint density at radius 3 is 2.32 bits per heavy atom. The summed E-state index contributed by atoms with van der Waals surface area (Å²) in [5, 5.41) is 1.51. The van der Waals surface area contributed by atoms with E-state index in [4.69, 9.17) is 11.6 Å². The lowest BCUT2D eigenvalue weighted by Gasteiger charge is -2.43. The van der Waals surface area contributed by atoms with Gasteiger partial charge in [0.05, 0.1) is 22.5 Å². The number of aromatic nitrogens is 1. The molecule has 2 saturated carbocycles. The molecule has 2 amide bonds. The van der Waals surface area contributed by atoms with Crippen LogP contribution in [0.5, 0.6) is 0 Å². The number of amides is 2. The van der Waals surface area contributed by atoms with Gasteiger partial charge in [-0.1, -0.05) is 35.1 Å². The zero-order valence-electron chi connectivity index (χ0n) is 17.6. The zero-order chi connectivity index (χ0) is 23.3. The van der Waals surface area contributed by atoms with Crippen molar-refractivity contribution in [1.29, 1.82) is 0 Å². The van der Waals surface area contributed by atoms with Crippen molar-refractivity contribution in [1.82, 2.24) is 4.98 Å². The third-order valence-corrected chi connectivity index (χ3v) is 10.9. The fraction of sp³-hybridized carbons (Fsp3) is 0.320. The second kappa shape index (κ2) is 7.29. The highest BCUT2D eigenvalue weighted by Gasteiger charge is 2.69. The minimum atomic E-state index is -0.366. The number of rotatable bonds is 2. The molecule has 3 heterocycles. The van der Waals surface area contributed by atoms with Gasteiger partial charge in [0.2, 0.25) is 11.8 Å². The third kappa shape index (κ3) is 2.76. The molecule has 9 heteroatoms. The van der Waals surface area contributed by atoms with Gasteiger partial charge in [-0.05, 0) is 66.1 Å². The topological polar surface area (TPSA) is 70.2 Å². The zero-order valence-corrected chi connectivity index (χ0v) is 20.0. The van der Waals surface area contributed by atoms with E-state index in [0.29, 0.717) is 10.7 Å². The first-order chi connectivity index (χ1) is 16.4. The number of halogens is 2. The lowest BCUT2D eigenvalue weighted by Crippen LogP contribution is -2.42. The van der Waals surface area contributed by atoms with E-state index in [1.54, 1.807) is 48.2 Å². The molecule has 4 aliphatic rings. The molecule has 2 aliphatic carbocycles. The maximum atomic E-state index is 13.7. The molecule has 5 nitrogen and oxygen atoms in total. The van der Waals surface area contributed by atoms with Crippen molar-refractivity contribution in [2.45, 2.75) is 22.6 Å². The Labute approximate surface area is 207 Å². The normalized spacial score (nSPS) is 33.2. The number of fused-ring (bicyclic) bond motifs is 9. The van der Waals surface area contributed by atoms with Gasteiger partial charge in [0.15, 0.2) is 0 Å². The van der Waals surface area contributed by atoms with Gasteiger partial charge >= 0.3 is 4.87 Å². The number of thioether (sulfide) groups is 1. The van der Waals surface area contributed by atoms with Gasteiger partial charge in [-0.25, -0.2) is 4.39 Å². The molecular weight excluding hydrogens is 495 g/mol. The van der Waals surface area contributed by atoms with Gasteiger partial charge in [-0.2, -0.15) is 0 Å². The van der Waals surface area contributed by atoms with Crippen LogP contribution >= 0.6 is 34.7 Å². The molecule has 0 radical (unpaired) electrons. The number of nitrogens with one attached hydrogen (secondary N) is 1. The molecule has 34 heavy (non-hydrogen) atoms. The molecule has 1 saturated heterocycles. The van der Waals surface area contributed by atoms with Crippen LogP contribution in [-0.4, -0.2) is 22.0 Å². The van der Waals surface area contributed by atoms with Crippen molar-refractivity contribution in [2.24, 2.45) is 29.6 Å². The first kappa shape index (κ1) is 20.9. The van der Waals surface area contributed by atoms with E-state index < -0.39 is 0 Å². The smallest absolute Gasteiger partial charge is 0.305 e. The summed E-state index contributed by atoms with van der Waals surface area (Å²) in [5.74, 6) is -1.21. The quantitative estimate of drug-likeness (QED) is 0.495. The second-order valence-electron chi connectivity index (χ2n) is 9.50. The van der Waals surface area contributed by atoms with E-state index in [1.807, 2.05) is 0 Å². The molecule has 7 rings (SSSR count). The lowest BCUT2D eigenvalue weighted by molar-refractivity contribution is -0.123. The minimum absolute atomic E-state index is 0.0293. The molecule has 172 valence electrons. The Morgan fingerprint density at radius 1 is 0.941 bits per heavy atom.